The van der Waals surface area contributed by atoms with Gasteiger partial charge in [-0.3, -0.25) is 0 Å². The maximum Gasteiger partial charge on any atom is 0.242 e. The van der Waals surface area contributed by atoms with Crippen LogP contribution in [-0.4, -0.2) is 25.1 Å². The second-order valence-electron chi connectivity index (χ2n) is 4.42. The highest BCUT2D eigenvalue weighted by Crippen LogP contribution is 2.19. The summed E-state index contributed by atoms with van der Waals surface area (Å²) in [6, 6.07) is 4.81. The van der Waals surface area contributed by atoms with Gasteiger partial charge in [0.2, 0.25) is 15.9 Å². The van der Waals surface area contributed by atoms with Crippen molar-refractivity contribution in [3.8, 4) is 0 Å². The molecule has 0 aliphatic rings. The minimum absolute atomic E-state index is 0.0739. The molecule has 108 valence electrons. The second-order valence-corrected chi connectivity index (χ2v) is 6.16. The Morgan fingerprint density at radius 1 is 1.35 bits per heavy atom. The largest absolute Gasteiger partial charge is 0.398 e. The van der Waals surface area contributed by atoms with Crippen molar-refractivity contribution in [2.75, 3.05) is 12.3 Å². The van der Waals surface area contributed by atoms with Crippen molar-refractivity contribution >= 4 is 15.7 Å². The lowest BCUT2D eigenvalue weighted by Crippen LogP contribution is -2.26. The second kappa shape index (κ2) is 5.59. The summed E-state index contributed by atoms with van der Waals surface area (Å²) in [4.78, 5) is 4.07. The summed E-state index contributed by atoms with van der Waals surface area (Å²) in [5, 5.41) is 3.63. The van der Waals surface area contributed by atoms with E-state index in [0.29, 0.717) is 18.1 Å². The van der Waals surface area contributed by atoms with Crippen molar-refractivity contribution < 1.29 is 12.9 Å². The van der Waals surface area contributed by atoms with Gasteiger partial charge < -0.3 is 10.3 Å². The number of anilines is 1. The average Bonchev–Trinajstić information content (AvgIpc) is 2.74. The number of aromatic nitrogens is 2. The van der Waals surface area contributed by atoms with Crippen molar-refractivity contribution in [3.63, 3.8) is 0 Å². The first kappa shape index (κ1) is 14.5. The van der Waals surface area contributed by atoms with Gasteiger partial charge in [0.15, 0.2) is 5.82 Å². The molecule has 20 heavy (non-hydrogen) atoms. The van der Waals surface area contributed by atoms with Gasteiger partial charge in [-0.25, -0.2) is 13.1 Å². The molecule has 0 radical (unpaired) electrons. The molecule has 0 unspecified atom stereocenters. The highest BCUT2D eigenvalue weighted by molar-refractivity contribution is 7.89. The number of nitrogens with two attached hydrogens (primary N) is 1. The van der Waals surface area contributed by atoms with Crippen molar-refractivity contribution in [2.24, 2.45) is 0 Å². The zero-order valence-electron chi connectivity index (χ0n) is 11.3. The van der Waals surface area contributed by atoms with Crippen LogP contribution in [0.3, 0.4) is 0 Å². The highest BCUT2D eigenvalue weighted by atomic mass is 32.2. The lowest BCUT2D eigenvalue weighted by molar-refractivity contribution is 0.375. The lowest BCUT2D eigenvalue weighted by atomic mass is 10.2. The fraction of sp³-hybridized carbons (Fsp3) is 0.333. The summed E-state index contributed by atoms with van der Waals surface area (Å²) < 4.78 is 31.6. The molecule has 1 heterocycles. The average molecular weight is 296 g/mol. The maximum absolute atomic E-state index is 12.1. The van der Waals surface area contributed by atoms with Crippen LogP contribution in [0, 0.1) is 13.8 Å². The van der Waals surface area contributed by atoms with E-state index in [2.05, 4.69) is 14.9 Å². The third-order valence-corrected chi connectivity index (χ3v) is 4.19. The van der Waals surface area contributed by atoms with Crippen molar-refractivity contribution in [2.45, 2.75) is 25.2 Å². The van der Waals surface area contributed by atoms with E-state index < -0.39 is 10.0 Å². The molecule has 0 atom stereocenters. The Bertz CT molecular complexity index is 709. The monoisotopic (exact) mass is 296 g/mol. The van der Waals surface area contributed by atoms with E-state index in [1.807, 2.05) is 6.92 Å². The number of nitrogens with one attached hydrogen (secondary N) is 1. The summed E-state index contributed by atoms with van der Waals surface area (Å²) in [5.41, 5.74) is 6.87. The molecule has 0 amide bonds. The summed E-state index contributed by atoms with van der Waals surface area (Å²) in [6.45, 7) is 3.71. The fourth-order valence-corrected chi connectivity index (χ4v) is 2.87. The molecule has 2 rings (SSSR count). The van der Waals surface area contributed by atoms with Crippen molar-refractivity contribution in [3.05, 3.63) is 35.5 Å². The van der Waals surface area contributed by atoms with Crippen LogP contribution >= 0.6 is 0 Å². The summed E-state index contributed by atoms with van der Waals surface area (Å²) in [5.74, 6) is 0.910. The molecule has 0 spiro atoms. The zero-order chi connectivity index (χ0) is 14.8. The van der Waals surface area contributed by atoms with Crippen LogP contribution in [0.1, 0.15) is 17.3 Å². The van der Waals surface area contributed by atoms with Gasteiger partial charge in [0.1, 0.15) is 4.90 Å². The number of nitrogens with zero attached hydrogens (tertiary/aromatic N) is 2. The number of rotatable bonds is 5. The van der Waals surface area contributed by atoms with Crippen LogP contribution in [0.2, 0.25) is 0 Å². The fourth-order valence-electron chi connectivity index (χ4n) is 1.72. The first-order valence-corrected chi connectivity index (χ1v) is 7.52. The van der Waals surface area contributed by atoms with Gasteiger partial charge in [-0.05, 0) is 31.5 Å². The van der Waals surface area contributed by atoms with Crippen LogP contribution in [0.4, 0.5) is 5.69 Å². The lowest BCUT2D eigenvalue weighted by Gasteiger charge is -2.08. The quantitative estimate of drug-likeness (QED) is 0.789. The number of hydrogen-bond donors (Lipinski definition) is 2. The summed E-state index contributed by atoms with van der Waals surface area (Å²) in [7, 11) is -3.64. The van der Waals surface area contributed by atoms with Gasteiger partial charge in [0, 0.05) is 13.0 Å². The predicted octanol–water partition coefficient (Wildman–Crippen LogP) is 0.790. The van der Waals surface area contributed by atoms with Crippen molar-refractivity contribution in [1.82, 2.24) is 14.9 Å². The van der Waals surface area contributed by atoms with Crippen molar-refractivity contribution in [1.29, 1.82) is 0 Å². The minimum Gasteiger partial charge on any atom is -0.398 e. The molecule has 1 aromatic carbocycles. The molecule has 8 heteroatoms. The number of nitrogen functional groups attached to an aromatic ring is 1. The van der Waals surface area contributed by atoms with E-state index in [0.717, 1.165) is 5.56 Å². The molecule has 0 saturated heterocycles. The zero-order valence-corrected chi connectivity index (χ0v) is 12.1. The molecule has 1 aromatic heterocycles. The third-order valence-electron chi connectivity index (χ3n) is 2.66. The topological polar surface area (TPSA) is 111 Å². The maximum atomic E-state index is 12.1. The Hall–Kier alpha value is -1.93. The number of aryl methyl sites for hydroxylation is 2. The van der Waals surface area contributed by atoms with E-state index in [1.165, 1.54) is 6.07 Å². The van der Waals surface area contributed by atoms with Gasteiger partial charge >= 0.3 is 0 Å². The standard InChI is InChI=1S/C12H16N4O3S/c1-8-3-4-11(10(13)7-8)20(17,18)14-6-5-12-15-9(2)16-19-12/h3-4,7,14H,5-6,13H2,1-2H3. The summed E-state index contributed by atoms with van der Waals surface area (Å²) in [6.07, 6.45) is 0.325. The Morgan fingerprint density at radius 3 is 2.70 bits per heavy atom. The van der Waals surface area contributed by atoms with Crippen LogP contribution in [0.5, 0.6) is 0 Å². The smallest absolute Gasteiger partial charge is 0.242 e. The first-order chi connectivity index (χ1) is 9.38. The number of benzene rings is 1. The van der Waals surface area contributed by atoms with Crippen LogP contribution in [-0.2, 0) is 16.4 Å². The molecule has 0 saturated carbocycles. The Morgan fingerprint density at radius 2 is 2.10 bits per heavy atom. The highest BCUT2D eigenvalue weighted by Gasteiger charge is 2.17. The molecular weight excluding hydrogens is 280 g/mol. The first-order valence-electron chi connectivity index (χ1n) is 6.03. The summed E-state index contributed by atoms with van der Waals surface area (Å²) >= 11 is 0. The molecule has 7 nitrogen and oxygen atoms in total. The molecular formula is C12H16N4O3S. The number of sulfonamides is 1. The Kier molecular flexibility index (Phi) is 4.05. The minimum atomic E-state index is -3.64. The SMILES string of the molecule is Cc1ccc(S(=O)(=O)NCCc2nc(C)no2)c(N)c1. The molecule has 0 fully saturated rings. The van der Waals surface area contributed by atoms with E-state index in [4.69, 9.17) is 10.3 Å². The van der Waals surface area contributed by atoms with Gasteiger partial charge in [-0.1, -0.05) is 11.2 Å². The van der Waals surface area contributed by atoms with Gasteiger partial charge in [0.25, 0.3) is 0 Å². The third kappa shape index (κ3) is 3.34. The van der Waals surface area contributed by atoms with Crippen LogP contribution in [0.25, 0.3) is 0 Å². The number of hydrogen-bond acceptors (Lipinski definition) is 6. The Labute approximate surface area is 117 Å². The van der Waals surface area contributed by atoms with Gasteiger partial charge in [-0.15, -0.1) is 0 Å². The molecule has 0 aliphatic carbocycles. The predicted molar refractivity (Wildman–Crippen MR) is 73.5 cm³/mol. The van der Waals surface area contributed by atoms with Crippen LogP contribution in [0.15, 0.2) is 27.6 Å². The molecule has 0 bridgehead atoms. The molecule has 0 aliphatic heterocycles. The van der Waals surface area contributed by atoms with Gasteiger partial charge in [-0.2, -0.15) is 4.98 Å². The van der Waals surface area contributed by atoms with E-state index in [-0.39, 0.29) is 17.1 Å². The normalized spacial score (nSPS) is 11.7. The molecule has 3 N–H and O–H groups in total. The van der Waals surface area contributed by atoms with E-state index in [9.17, 15) is 8.42 Å². The molecule has 2 aromatic rings. The van der Waals surface area contributed by atoms with E-state index in [1.54, 1.807) is 19.1 Å². The van der Waals surface area contributed by atoms with E-state index >= 15 is 0 Å². The van der Waals surface area contributed by atoms with Gasteiger partial charge in [0.05, 0.1) is 5.69 Å². The van der Waals surface area contributed by atoms with Crippen LogP contribution < -0.4 is 10.5 Å². The Balaban J connectivity index is 2.04.